The van der Waals surface area contributed by atoms with Gasteiger partial charge in [0.05, 0.1) is 13.0 Å². The van der Waals surface area contributed by atoms with E-state index in [0.29, 0.717) is 36.5 Å². The monoisotopic (exact) mass is 523 g/mol. The van der Waals surface area contributed by atoms with E-state index in [1.54, 1.807) is 44.4 Å². The Bertz CT molecular complexity index is 1420. The molecule has 0 aliphatic carbocycles. The summed E-state index contributed by atoms with van der Waals surface area (Å²) in [6, 6.07) is 11.2. The molecule has 1 N–H and O–H groups in total. The number of benzene rings is 2. The molecule has 1 fully saturated rings. The highest BCUT2D eigenvalue weighted by Gasteiger charge is 2.37. The number of rotatable bonds is 7. The lowest BCUT2D eigenvalue weighted by Gasteiger charge is -2.31. The molecule has 1 aliphatic heterocycles. The molecule has 2 aromatic carbocycles. The average molecular weight is 524 g/mol. The van der Waals surface area contributed by atoms with Gasteiger partial charge in [-0.25, -0.2) is 8.42 Å². The fourth-order valence-electron chi connectivity index (χ4n) is 4.86. The average Bonchev–Trinajstić information content (AvgIpc) is 3.24. The summed E-state index contributed by atoms with van der Waals surface area (Å²) in [5.41, 5.74) is 5.26. The number of hydrogen-bond donors (Lipinski definition) is 1. The van der Waals surface area contributed by atoms with Crippen molar-refractivity contribution in [2.45, 2.75) is 45.4 Å². The Balaban J connectivity index is 1.55. The van der Waals surface area contributed by atoms with Crippen LogP contribution in [0.25, 0.3) is 12.2 Å². The number of nitrogens with one attached hydrogen (secondary N) is 1. The molecular formula is C28H33N3O5S. The lowest BCUT2D eigenvalue weighted by Crippen LogP contribution is -2.43. The van der Waals surface area contributed by atoms with Crippen LogP contribution in [0.4, 0.5) is 5.69 Å². The quantitative estimate of drug-likeness (QED) is 0.461. The maximum Gasteiger partial charge on any atom is 0.248 e. The number of amides is 1. The molecule has 0 radical (unpaired) electrons. The molecule has 1 atom stereocenters. The fourth-order valence-corrected chi connectivity index (χ4v) is 6.63. The molecule has 0 spiro atoms. The van der Waals surface area contributed by atoms with E-state index in [-0.39, 0.29) is 23.1 Å². The summed E-state index contributed by atoms with van der Waals surface area (Å²) in [5.74, 6) is 0.109. The van der Waals surface area contributed by atoms with Crippen molar-refractivity contribution in [2.24, 2.45) is 5.92 Å². The molecule has 1 saturated heterocycles. The van der Waals surface area contributed by atoms with Gasteiger partial charge in [-0.3, -0.25) is 4.79 Å². The van der Waals surface area contributed by atoms with Gasteiger partial charge in [-0.15, -0.1) is 0 Å². The van der Waals surface area contributed by atoms with Crippen LogP contribution in [0.1, 0.15) is 46.5 Å². The van der Waals surface area contributed by atoms with Crippen molar-refractivity contribution in [1.82, 2.24) is 9.46 Å². The number of methoxy groups -OCH3 is 1. The van der Waals surface area contributed by atoms with E-state index in [1.807, 2.05) is 26.8 Å². The number of anilines is 1. The Morgan fingerprint density at radius 2 is 1.86 bits per heavy atom. The Labute approximate surface area is 218 Å². The molecule has 1 aromatic heterocycles. The molecule has 1 aliphatic rings. The van der Waals surface area contributed by atoms with Gasteiger partial charge in [-0.1, -0.05) is 35.0 Å². The summed E-state index contributed by atoms with van der Waals surface area (Å²) in [4.78, 5) is 13.0. The molecule has 37 heavy (non-hydrogen) atoms. The van der Waals surface area contributed by atoms with Crippen LogP contribution in [0.5, 0.6) is 5.75 Å². The zero-order chi connectivity index (χ0) is 26.7. The molecule has 9 heteroatoms. The number of aromatic nitrogens is 1. The summed E-state index contributed by atoms with van der Waals surface area (Å²) in [5, 5.41) is 6.84. The predicted octanol–water partition coefficient (Wildman–Crippen LogP) is 5.13. The van der Waals surface area contributed by atoms with E-state index in [2.05, 4.69) is 22.6 Å². The topological polar surface area (TPSA) is 102 Å². The normalized spacial score (nSPS) is 16.7. The predicted molar refractivity (Wildman–Crippen MR) is 144 cm³/mol. The van der Waals surface area contributed by atoms with Crippen LogP contribution < -0.4 is 10.1 Å². The minimum atomic E-state index is -3.94. The zero-order valence-electron chi connectivity index (χ0n) is 21.9. The van der Waals surface area contributed by atoms with Gasteiger partial charge < -0.3 is 14.6 Å². The van der Waals surface area contributed by atoms with E-state index < -0.39 is 15.9 Å². The Morgan fingerprint density at radius 3 is 2.57 bits per heavy atom. The number of sulfonamides is 1. The number of nitrogens with zero attached hydrogens (tertiary/aromatic N) is 2. The number of carbonyl (C=O) groups is 1. The zero-order valence-corrected chi connectivity index (χ0v) is 22.7. The van der Waals surface area contributed by atoms with Crippen LogP contribution in [0.3, 0.4) is 0 Å². The largest absolute Gasteiger partial charge is 0.497 e. The van der Waals surface area contributed by atoms with Crippen molar-refractivity contribution in [3.8, 4) is 5.75 Å². The molecule has 3 aromatic rings. The van der Waals surface area contributed by atoms with Gasteiger partial charge in [0.15, 0.2) is 10.7 Å². The van der Waals surface area contributed by atoms with E-state index in [4.69, 9.17) is 9.26 Å². The maximum absolute atomic E-state index is 13.7. The van der Waals surface area contributed by atoms with Crippen molar-refractivity contribution in [3.05, 3.63) is 70.1 Å². The molecular weight excluding hydrogens is 490 g/mol. The lowest BCUT2D eigenvalue weighted by atomic mass is 9.98. The molecule has 4 rings (SSSR count). The second-order valence-corrected chi connectivity index (χ2v) is 11.4. The standard InChI is InChI=1S/C28H33N3O5S/c1-18-14-19(2)25(20(3)15-18)11-12-26-27(21(4)30-36-26)37(33,34)31-13-7-8-22(17-31)28(32)29-23-9-6-10-24(16-23)35-5/h6,9-12,14-16,22H,7-8,13,17H2,1-5H3,(H,29,32)/b12-11+/t22-/m0/s1. The molecule has 8 nitrogen and oxygen atoms in total. The van der Waals surface area contributed by atoms with Gasteiger partial charge in [0.1, 0.15) is 11.4 Å². The van der Waals surface area contributed by atoms with Crippen LogP contribution in [0.15, 0.2) is 45.8 Å². The van der Waals surface area contributed by atoms with E-state index in [1.165, 1.54) is 9.87 Å². The molecule has 1 amide bonds. The van der Waals surface area contributed by atoms with E-state index in [0.717, 1.165) is 16.7 Å². The highest BCUT2D eigenvalue weighted by Crippen LogP contribution is 2.30. The minimum Gasteiger partial charge on any atom is -0.497 e. The van der Waals surface area contributed by atoms with Crippen LogP contribution >= 0.6 is 0 Å². The molecule has 0 saturated carbocycles. The number of aryl methyl sites for hydroxylation is 4. The lowest BCUT2D eigenvalue weighted by molar-refractivity contribution is -0.120. The van der Waals surface area contributed by atoms with Gasteiger partial charge in [0, 0.05) is 24.8 Å². The smallest absolute Gasteiger partial charge is 0.248 e. The summed E-state index contributed by atoms with van der Waals surface area (Å²) in [6.07, 6.45) is 4.70. The highest BCUT2D eigenvalue weighted by molar-refractivity contribution is 7.89. The molecule has 196 valence electrons. The summed E-state index contributed by atoms with van der Waals surface area (Å²) >= 11 is 0. The molecule has 0 bridgehead atoms. The van der Waals surface area contributed by atoms with E-state index in [9.17, 15) is 13.2 Å². The highest BCUT2D eigenvalue weighted by atomic mass is 32.2. The van der Waals surface area contributed by atoms with Crippen LogP contribution in [-0.2, 0) is 14.8 Å². The third-order valence-corrected chi connectivity index (χ3v) is 8.69. The fraction of sp³-hybridized carbons (Fsp3) is 0.357. The number of hydrogen-bond acceptors (Lipinski definition) is 6. The van der Waals surface area contributed by atoms with Gasteiger partial charge in [-0.05, 0) is 75.4 Å². The first-order valence-corrected chi connectivity index (χ1v) is 13.7. The van der Waals surface area contributed by atoms with Crippen molar-refractivity contribution < 1.29 is 22.5 Å². The minimum absolute atomic E-state index is 0.0417. The van der Waals surface area contributed by atoms with Crippen molar-refractivity contribution in [1.29, 1.82) is 0 Å². The first-order chi connectivity index (χ1) is 17.6. The number of carbonyl (C=O) groups excluding carboxylic acids is 1. The van der Waals surface area contributed by atoms with Crippen molar-refractivity contribution in [3.63, 3.8) is 0 Å². The summed E-state index contributed by atoms with van der Waals surface area (Å²) < 4.78 is 39.5. The SMILES string of the molecule is COc1cccc(NC(=O)[C@H]2CCCN(S(=O)(=O)c3c(C)noc3/C=C/c3c(C)cc(C)cc3C)C2)c1. The first kappa shape index (κ1) is 26.6. The Morgan fingerprint density at radius 1 is 1.14 bits per heavy atom. The van der Waals surface area contributed by atoms with E-state index >= 15 is 0 Å². The third kappa shape index (κ3) is 5.78. The van der Waals surface area contributed by atoms with Crippen LogP contribution in [0, 0.1) is 33.6 Å². The van der Waals surface area contributed by atoms with Gasteiger partial charge >= 0.3 is 0 Å². The number of piperidine rings is 1. The van der Waals surface area contributed by atoms with Crippen LogP contribution in [0.2, 0.25) is 0 Å². The molecule has 0 unspecified atom stereocenters. The Hall–Kier alpha value is -3.43. The van der Waals surface area contributed by atoms with Crippen LogP contribution in [-0.4, -0.2) is 44.0 Å². The summed E-state index contributed by atoms with van der Waals surface area (Å²) in [6.45, 7) is 8.12. The number of ether oxygens (including phenoxy) is 1. The maximum atomic E-state index is 13.7. The first-order valence-electron chi connectivity index (χ1n) is 12.3. The molecule has 2 heterocycles. The second kappa shape index (κ2) is 10.9. The Kier molecular flexibility index (Phi) is 7.85. The van der Waals surface area contributed by atoms with Gasteiger partial charge in [-0.2, -0.15) is 4.31 Å². The van der Waals surface area contributed by atoms with Gasteiger partial charge in [0.2, 0.25) is 15.9 Å². The van der Waals surface area contributed by atoms with Crippen molar-refractivity contribution >= 4 is 33.8 Å². The third-order valence-electron chi connectivity index (χ3n) is 6.66. The summed E-state index contributed by atoms with van der Waals surface area (Å²) in [7, 11) is -2.38. The second-order valence-electron chi connectivity index (χ2n) is 9.53. The van der Waals surface area contributed by atoms with Crippen molar-refractivity contribution in [2.75, 3.05) is 25.5 Å². The van der Waals surface area contributed by atoms with Gasteiger partial charge in [0.25, 0.3) is 0 Å².